The van der Waals surface area contributed by atoms with Gasteiger partial charge in [-0.3, -0.25) is 4.79 Å². The standard InChI is InChI=1S/C10H11NO3/c1-11-3-2-6-4-8(12)9(13)5-7(6)10(11)14/h4-5,12-13H,2-3H2,1H3. The Morgan fingerprint density at radius 2 is 1.93 bits per heavy atom. The highest BCUT2D eigenvalue weighted by Gasteiger charge is 2.22. The van der Waals surface area contributed by atoms with Crippen molar-refractivity contribution in [1.29, 1.82) is 0 Å². The van der Waals surface area contributed by atoms with E-state index in [-0.39, 0.29) is 17.4 Å². The number of likely N-dealkylation sites (N-methyl/N-ethyl adjacent to an activating group) is 1. The van der Waals surface area contributed by atoms with Crippen LogP contribution in [-0.4, -0.2) is 34.6 Å². The smallest absolute Gasteiger partial charge is 0.254 e. The lowest BCUT2D eigenvalue weighted by Gasteiger charge is -2.24. The molecular weight excluding hydrogens is 182 g/mol. The Morgan fingerprint density at radius 1 is 1.29 bits per heavy atom. The Bertz CT molecular complexity index is 401. The molecule has 1 aromatic rings. The van der Waals surface area contributed by atoms with Crippen molar-refractivity contribution in [3.8, 4) is 11.5 Å². The van der Waals surface area contributed by atoms with Crippen molar-refractivity contribution in [2.75, 3.05) is 13.6 Å². The largest absolute Gasteiger partial charge is 0.504 e. The topological polar surface area (TPSA) is 60.8 Å². The summed E-state index contributed by atoms with van der Waals surface area (Å²) in [6.45, 7) is 0.649. The molecule has 1 aliphatic heterocycles. The second-order valence-electron chi connectivity index (χ2n) is 3.47. The van der Waals surface area contributed by atoms with E-state index in [2.05, 4.69) is 0 Å². The van der Waals surface area contributed by atoms with Gasteiger partial charge < -0.3 is 15.1 Å². The van der Waals surface area contributed by atoms with E-state index in [9.17, 15) is 15.0 Å². The summed E-state index contributed by atoms with van der Waals surface area (Å²) < 4.78 is 0. The van der Waals surface area contributed by atoms with Gasteiger partial charge in [0.05, 0.1) is 0 Å². The summed E-state index contributed by atoms with van der Waals surface area (Å²) in [5.74, 6) is -0.518. The average molecular weight is 193 g/mol. The van der Waals surface area contributed by atoms with Crippen LogP contribution in [0.15, 0.2) is 12.1 Å². The fourth-order valence-electron chi connectivity index (χ4n) is 1.62. The third-order valence-electron chi connectivity index (χ3n) is 2.49. The first-order valence-electron chi connectivity index (χ1n) is 4.40. The SMILES string of the molecule is CN1CCc2cc(O)c(O)cc2C1=O. The second-order valence-corrected chi connectivity index (χ2v) is 3.47. The first-order chi connectivity index (χ1) is 6.59. The van der Waals surface area contributed by atoms with E-state index in [4.69, 9.17) is 0 Å². The van der Waals surface area contributed by atoms with Gasteiger partial charge in [0.25, 0.3) is 5.91 Å². The Hall–Kier alpha value is -1.71. The maximum atomic E-state index is 11.6. The molecule has 4 nitrogen and oxygen atoms in total. The predicted octanol–water partition coefficient (Wildman–Crippen LogP) is 0.726. The van der Waals surface area contributed by atoms with Crippen LogP contribution >= 0.6 is 0 Å². The molecule has 0 saturated heterocycles. The van der Waals surface area contributed by atoms with Gasteiger partial charge in [0.2, 0.25) is 0 Å². The summed E-state index contributed by atoms with van der Waals surface area (Å²) >= 11 is 0. The van der Waals surface area contributed by atoms with Gasteiger partial charge in [0.1, 0.15) is 0 Å². The normalized spacial score (nSPS) is 15.5. The van der Waals surface area contributed by atoms with Gasteiger partial charge in [-0.1, -0.05) is 0 Å². The summed E-state index contributed by atoms with van der Waals surface area (Å²) in [4.78, 5) is 13.2. The minimum absolute atomic E-state index is 0.110. The molecule has 1 aliphatic rings. The Labute approximate surface area is 81.4 Å². The van der Waals surface area contributed by atoms with Gasteiger partial charge in [-0.25, -0.2) is 0 Å². The van der Waals surface area contributed by atoms with Crippen molar-refractivity contribution in [2.24, 2.45) is 0 Å². The maximum absolute atomic E-state index is 11.6. The number of nitrogens with zero attached hydrogens (tertiary/aromatic N) is 1. The van der Waals surface area contributed by atoms with Crippen LogP contribution in [0.3, 0.4) is 0 Å². The molecule has 1 amide bonds. The first-order valence-corrected chi connectivity index (χ1v) is 4.40. The van der Waals surface area contributed by atoms with E-state index in [0.717, 1.165) is 5.56 Å². The number of benzene rings is 1. The van der Waals surface area contributed by atoms with Crippen LogP contribution in [0.5, 0.6) is 11.5 Å². The predicted molar refractivity (Wildman–Crippen MR) is 50.4 cm³/mol. The van der Waals surface area contributed by atoms with Crippen molar-refractivity contribution in [1.82, 2.24) is 4.90 Å². The molecule has 2 N–H and O–H groups in total. The lowest BCUT2D eigenvalue weighted by Crippen LogP contribution is -2.33. The summed E-state index contributed by atoms with van der Waals surface area (Å²) in [6, 6.07) is 2.78. The zero-order valence-corrected chi connectivity index (χ0v) is 7.82. The molecule has 0 fully saturated rings. The summed E-state index contributed by atoms with van der Waals surface area (Å²) in [6.07, 6.45) is 0.714. The van der Waals surface area contributed by atoms with Gasteiger partial charge in [-0.2, -0.15) is 0 Å². The third-order valence-corrected chi connectivity index (χ3v) is 2.49. The number of rotatable bonds is 0. The second kappa shape index (κ2) is 2.90. The lowest BCUT2D eigenvalue weighted by atomic mass is 9.98. The molecule has 0 aromatic heterocycles. The number of carbonyl (C=O) groups is 1. The van der Waals surface area contributed by atoms with Crippen molar-refractivity contribution in [3.05, 3.63) is 23.3 Å². The molecule has 0 radical (unpaired) electrons. The molecule has 1 aromatic carbocycles. The van der Waals surface area contributed by atoms with Crippen molar-refractivity contribution in [2.45, 2.75) is 6.42 Å². The minimum atomic E-state index is -0.243. The van der Waals surface area contributed by atoms with Crippen LogP contribution in [0, 0.1) is 0 Å². The van der Waals surface area contributed by atoms with E-state index in [0.29, 0.717) is 18.5 Å². The van der Waals surface area contributed by atoms with E-state index >= 15 is 0 Å². The Kier molecular flexibility index (Phi) is 1.84. The van der Waals surface area contributed by atoms with Gasteiger partial charge >= 0.3 is 0 Å². The van der Waals surface area contributed by atoms with E-state index < -0.39 is 0 Å². The monoisotopic (exact) mass is 193 g/mol. The van der Waals surface area contributed by atoms with E-state index in [1.165, 1.54) is 12.1 Å². The Balaban J connectivity index is 2.56. The van der Waals surface area contributed by atoms with Crippen LogP contribution in [-0.2, 0) is 6.42 Å². The molecule has 74 valence electrons. The van der Waals surface area contributed by atoms with Crippen LogP contribution in [0.1, 0.15) is 15.9 Å². The highest BCUT2D eigenvalue weighted by Crippen LogP contribution is 2.30. The Morgan fingerprint density at radius 3 is 2.64 bits per heavy atom. The molecule has 0 saturated carbocycles. The molecule has 2 rings (SSSR count). The molecule has 14 heavy (non-hydrogen) atoms. The number of carbonyl (C=O) groups excluding carboxylic acids is 1. The van der Waals surface area contributed by atoms with Crippen LogP contribution in [0.2, 0.25) is 0 Å². The molecule has 4 heteroatoms. The highest BCUT2D eigenvalue weighted by molar-refractivity contribution is 5.97. The molecule has 0 atom stereocenters. The van der Waals surface area contributed by atoms with Gasteiger partial charge in [-0.15, -0.1) is 0 Å². The van der Waals surface area contributed by atoms with Crippen molar-refractivity contribution in [3.63, 3.8) is 0 Å². The molecule has 1 heterocycles. The van der Waals surface area contributed by atoms with Crippen LogP contribution < -0.4 is 0 Å². The third kappa shape index (κ3) is 1.19. The molecule has 0 aliphatic carbocycles. The van der Waals surface area contributed by atoms with Gasteiger partial charge in [0.15, 0.2) is 11.5 Å². The number of aromatic hydroxyl groups is 2. The number of fused-ring (bicyclic) bond motifs is 1. The summed E-state index contributed by atoms with van der Waals surface area (Å²) in [7, 11) is 1.72. The van der Waals surface area contributed by atoms with Crippen LogP contribution in [0.25, 0.3) is 0 Å². The van der Waals surface area contributed by atoms with Gasteiger partial charge in [0, 0.05) is 19.2 Å². The average Bonchev–Trinajstić information content (AvgIpc) is 2.15. The number of hydrogen-bond acceptors (Lipinski definition) is 3. The highest BCUT2D eigenvalue weighted by atomic mass is 16.3. The minimum Gasteiger partial charge on any atom is -0.504 e. The zero-order valence-electron chi connectivity index (χ0n) is 7.82. The number of hydrogen-bond donors (Lipinski definition) is 2. The molecule has 0 unspecified atom stereocenters. The van der Waals surface area contributed by atoms with Gasteiger partial charge in [-0.05, 0) is 24.1 Å². The number of amides is 1. The fraction of sp³-hybridized carbons (Fsp3) is 0.300. The first kappa shape index (κ1) is 8.87. The number of phenols is 2. The summed E-state index contributed by atoms with van der Waals surface area (Å²) in [5.41, 5.74) is 1.28. The molecule has 0 bridgehead atoms. The maximum Gasteiger partial charge on any atom is 0.254 e. The summed E-state index contributed by atoms with van der Waals surface area (Å²) in [5, 5.41) is 18.5. The van der Waals surface area contributed by atoms with Crippen LogP contribution in [0.4, 0.5) is 0 Å². The fourth-order valence-corrected chi connectivity index (χ4v) is 1.62. The zero-order chi connectivity index (χ0) is 10.3. The number of phenolic OH excluding ortho intramolecular Hbond substituents is 2. The molecular formula is C10H11NO3. The lowest BCUT2D eigenvalue weighted by molar-refractivity contribution is 0.0780. The quantitative estimate of drug-likeness (QED) is 0.597. The van der Waals surface area contributed by atoms with Crippen molar-refractivity contribution >= 4 is 5.91 Å². The van der Waals surface area contributed by atoms with E-state index in [1.54, 1.807) is 11.9 Å². The van der Waals surface area contributed by atoms with E-state index in [1.807, 2.05) is 0 Å². The van der Waals surface area contributed by atoms with Crippen molar-refractivity contribution < 1.29 is 15.0 Å². The molecule has 0 spiro atoms.